The fraction of sp³-hybridized carbons (Fsp3) is 0.348. The minimum absolute atomic E-state index is 0.0358. The molecule has 28 heavy (non-hydrogen) atoms. The van der Waals surface area contributed by atoms with E-state index in [1.165, 1.54) is 16.5 Å². The van der Waals surface area contributed by atoms with Gasteiger partial charge in [-0.1, -0.05) is 48.5 Å². The average Bonchev–Trinajstić information content (AvgIpc) is 3.13. The van der Waals surface area contributed by atoms with E-state index >= 15 is 0 Å². The molecule has 0 aliphatic carbocycles. The zero-order valence-electron chi connectivity index (χ0n) is 16.8. The maximum Gasteiger partial charge on any atom is 0.410 e. The molecule has 3 aromatic rings. The third kappa shape index (κ3) is 5.14. The number of carbonyl (C=O) groups is 1. The van der Waals surface area contributed by atoms with E-state index in [1.54, 1.807) is 11.9 Å². The van der Waals surface area contributed by atoms with Crippen molar-refractivity contribution in [2.24, 2.45) is 0 Å². The van der Waals surface area contributed by atoms with E-state index in [9.17, 15) is 4.79 Å². The number of H-pyrrole nitrogens is 1. The van der Waals surface area contributed by atoms with Crippen molar-refractivity contribution in [3.63, 3.8) is 0 Å². The summed E-state index contributed by atoms with van der Waals surface area (Å²) >= 11 is 0. The lowest BCUT2D eigenvalue weighted by atomic mass is 10.1. The number of carbonyl (C=O) groups excluding carboxylic acids is 1. The lowest BCUT2D eigenvalue weighted by molar-refractivity contribution is 0.0929. The number of para-hydroxylation sites is 1. The van der Waals surface area contributed by atoms with Crippen molar-refractivity contribution in [2.45, 2.75) is 39.0 Å². The van der Waals surface area contributed by atoms with Gasteiger partial charge in [0.25, 0.3) is 0 Å². The summed E-state index contributed by atoms with van der Waals surface area (Å²) in [6.45, 7) is 5.19. The third-order valence-electron chi connectivity index (χ3n) is 5.12. The molecule has 2 N–H and O–H groups in total. The van der Waals surface area contributed by atoms with Crippen LogP contribution in [0.4, 0.5) is 4.79 Å². The molecule has 3 rings (SSSR count). The van der Waals surface area contributed by atoms with Gasteiger partial charge in [0.1, 0.15) is 6.61 Å². The van der Waals surface area contributed by atoms with Crippen LogP contribution in [0.3, 0.4) is 0 Å². The number of amides is 1. The Hall–Kier alpha value is -2.79. The van der Waals surface area contributed by atoms with Crippen molar-refractivity contribution in [1.29, 1.82) is 0 Å². The normalized spacial score (nSPS) is 13.2. The molecule has 0 fully saturated rings. The topological polar surface area (TPSA) is 57.4 Å². The molecule has 0 saturated carbocycles. The number of aromatic amines is 1. The van der Waals surface area contributed by atoms with Crippen molar-refractivity contribution in [2.75, 3.05) is 13.6 Å². The van der Waals surface area contributed by atoms with Crippen LogP contribution in [0.25, 0.3) is 10.9 Å². The molecule has 0 unspecified atom stereocenters. The van der Waals surface area contributed by atoms with E-state index in [1.807, 2.05) is 43.3 Å². The largest absolute Gasteiger partial charge is 0.445 e. The van der Waals surface area contributed by atoms with Crippen LogP contribution in [-0.4, -0.2) is 41.7 Å². The lowest BCUT2D eigenvalue weighted by Gasteiger charge is -2.26. The van der Waals surface area contributed by atoms with Crippen molar-refractivity contribution in [1.82, 2.24) is 15.2 Å². The lowest BCUT2D eigenvalue weighted by Crippen LogP contribution is -2.44. The van der Waals surface area contributed by atoms with Gasteiger partial charge in [-0.15, -0.1) is 0 Å². The number of nitrogens with one attached hydrogen (secondary N) is 2. The molecule has 1 amide bonds. The molecule has 5 heteroatoms. The molecule has 0 bridgehead atoms. The fourth-order valence-electron chi connectivity index (χ4n) is 3.21. The van der Waals surface area contributed by atoms with Gasteiger partial charge in [0.05, 0.1) is 0 Å². The number of aromatic nitrogens is 1. The standard InChI is InChI=1S/C23H29N3O2/c1-17(13-20-15-25-22-12-8-7-11-21(20)22)24-14-18(2)26(3)23(27)28-16-19-9-5-4-6-10-19/h4-12,15,17-18,24-25H,13-14,16H2,1-3H3/t17-,18-/m0/s1. The molecule has 1 heterocycles. The maximum absolute atomic E-state index is 12.3. The van der Waals surface area contributed by atoms with Gasteiger partial charge in [0.2, 0.25) is 0 Å². The summed E-state index contributed by atoms with van der Waals surface area (Å²) in [4.78, 5) is 17.2. The molecule has 0 spiro atoms. The Morgan fingerprint density at radius 1 is 1.11 bits per heavy atom. The summed E-state index contributed by atoms with van der Waals surface area (Å²) < 4.78 is 5.41. The number of likely N-dealkylation sites (N-methyl/N-ethyl adjacent to an activating group) is 1. The highest BCUT2D eigenvalue weighted by atomic mass is 16.6. The van der Waals surface area contributed by atoms with Crippen LogP contribution in [0.5, 0.6) is 0 Å². The van der Waals surface area contributed by atoms with Gasteiger partial charge >= 0.3 is 6.09 Å². The van der Waals surface area contributed by atoms with Crippen LogP contribution < -0.4 is 5.32 Å². The molecular formula is C23H29N3O2. The second-order valence-electron chi connectivity index (χ2n) is 7.37. The van der Waals surface area contributed by atoms with Gasteiger partial charge in [-0.25, -0.2) is 4.79 Å². The highest BCUT2D eigenvalue weighted by Crippen LogP contribution is 2.19. The smallest absolute Gasteiger partial charge is 0.410 e. The van der Waals surface area contributed by atoms with Crippen LogP contribution in [0.1, 0.15) is 25.0 Å². The highest BCUT2D eigenvalue weighted by Gasteiger charge is 2.18. The molecule has 0 radical (unpaired) electrons. The first-order valence-corrected chi connectivity index (χ1v) is 9.76. The Balaban J connectivity index is 1.44. The van der Waals surface area contributed by atoms with Gasteiger partial charge in [-0.3, -0.25) is 0 Å². The number of benzene rings is 2. The van der Waals surface area contributed by atoms with Crippen LogP contribution in [0.15, 0.2) is 60.8 Å². The van der Waals surface area contributed by atoms with Gasteiger partial charge in [0.15, 0.2) is 0 Å². The molecule has 2 atom stereocenters. The predicted molar refractivity (Wildman–Crippen MR) is 113 cm³/mol. The van der Waals surface area contributed by atoms with E-state index in [0.29, 0.717) is 19.2 Å². The molecule has 0 aliphatic rings. The Labute approximate surface area is 166 Å². The first kappa shape index (κ1) is 20.0. The van der Waals surface area contributed by atoms with E-state index in [2.05, 4.69) is 41.6 Å². The Kier molecular flexibility index (Phi) is 6.71. The molecule has 0 aliphatic heterocycles. The molecule has 1 aromatic heterocycles. The van der Waals surface area contributed by atoms with Gasteiger partial charge < -0.3 is 19.9 Å². The predicted octanol–water partition coefficient (Wildman–Crippen LogP) is 4.35. The summed E-state index contributed by atoms with van der Waals surface area (Å²) in [6, 6.07) is 18.4. The molecule has 5 nitrogen and oxygen atoms in total. The van der Waals surface area contributed by atoms with Crippen LogP contribution in [0.2, 0.25) is 0 Å². The van der Waals surface area contributed by atoms with Crippen molar-refractivity contribution < 1.29 is 9.53 Å². The summed E-state index contributed by atoms with van der Waals surface area (Å²) in [6.07, 6.45) is 2.71. The Morgan fingerprint density at radius 2 is 1.82 bits per heavy atom. The number of nitrogens with zero attached hydrogens (tertiary/aromatic N) is 1. The summed E-state index contributed by atoms with van der Waals surface area (Å²) in [5.41, 5.74) is 3.46. The quantitative estimate of drug-likeness (QED) is 0.612. The molecular weight excluding hydrogens is 350 g/mol. The van der Waals surface area contributed by atoms with E-state index in [-0.39, 0.29) is 12.1 Å². The fourth-order valence-corrected chi connectivity index (χ4v) is 3.21. The van der Waals surface area contributed by atoms with Crippen molar-refractivity contribution in [3.05, 3.63) is 71.9 Å². The van der Waals surface area contributed by atoms with E-state index in [4.69, 9.17) is 4.74 Å². The molecule has 0 saturated heterocycles. The van der Waals surface area contributed by atoms with E-state index < -0.39 is 0 Å². The second kappa shape index (κ2) is 9.42. The summed E-state index contributed by atoms with van der Waals surface area (Å²) in [5.74, 6) is 0. The SMILES string of the molecule is C[C@@H](Cc1c[nH]c2ccccc12)NC[C@H](C)N(C)C(=O)OCc1ccccc1. The van der Waals surface area contributed by atoms with Gasteiger partial charge in [0, 0.05) is 42.8 Å². The molecule has 2 aromatic carbocycles. The second-order valence-corrected chi connectivity index (χ2v) is 7.37. The number of hydrogen-bond donors (Lipinski definition) is 2. The van der Waals surface area contributed by atoms with Crippen LogP contribution >= 0.6 is 0 Å². The summed E-state index contributed by atoms with van der Waals surface area (Å²) in [7, 11) is 1.78. The summed E-state index contributed by atoms with van der Waals surface area (Å²) in [5, 5.41) is 4.80. The first-order valence-electron chi connectivity index (χ1n) is 9.76. The average molecular weight is 380 g/mol. The Morgan fingerprint density at radius 3 is 2.61 bits per heavy atom. The minimum Gasteiger partial charge on any atom is -0.445 e. The highest BCUT2D eigenvalue weighted by molar-refractivity contribution is 5.83. The zero-order chi connectivity index (χ0) is 19.9. The number of fused-ring (bicyclic) bond motifs is 1. The number of hydrogen-bond acceptors (Lipinski definition) is 3. The number of rotatable bonds is 8. The number of ether oxygens (including phenoxy) is 1. The monoisotopic (exact) mass is 379 g/mol. The van der Waals surface area contributed by atoms with Crippen molar-refractivity contribution in [3.8, 4) is 0 Å². The van der Waals surface area contributed by atoms with Gasteiger partial charge in [-0.2, -0.15) is 0 Å². The minimum atomic E-state index is -0.303. The zero-order valence-corrected chi connectivity index (χ0v) is 16.8. The first-order chi connectivity index (χ1) is 13.5. The van der Waals surface area contributed by atoms with E-state index in [0.717, 1.165) is 12.0 Å². The Bertz CT molecular complexity index is 891. The van der Waals surface area contributed by atoms with Gasteiger partial charge in [-0.05, 0) is 37.5 Å². The van der Waals surface area contributed by atoms with Crippen molar-refractivity contribution >= 4 is 17.0 Å². The maximum atomic E-state index is 12.3. The third-order valence-corrected chi connectivity index (χ3v) is 5.12. The van der Waals surface area contributed by atoms with Crippen LogP contribution in [-0.2, 0) is 17.8 Å². The van der Waals surface area contributed by atoms with Crippen LogP contribution in [0, 0.1) is 0 Å². The molecule has 148 valence electrons.